The Hall–Kier alpha value is -3.22. The Balaban J connectivity index is 2.06. The van der Waals surface area contributed by atoms with Crippen molar-refractivity contribution in [3.05, 3.63) is 52.2 Å². The van der Waals surface area contributed by atoms with E-state index in [1.807, 2.05) is 25.1 Å². The van der Waals surface area contributed by atoms with Gasteiger partial charge in [-0.25, -0.2) is 19.3 Å². The number of allylic oxidation sites excluding steroid dienone is 1. The fourth-order valence-corrected chi connectivity index (χ4v) is 3.27. The molecule has 4 rings (SSSR count). The average molecular weight is 349 g/mol. The van der Waals surface area contributed by atoms with Gasteiger partial charge >= 0.3 is 5.69 Å². The minimum atomic E-state index is -0.334. The first kappa shape index (κ1) is 16.3. The summed E-state index contributed by atoms with van der Waals surface area (Å²) in [5.41, 5.74) is 2.96. The average Bonchev–Trinajstić information content (AvgIpc) is 2.99. The number of imidazole rings is 1. The van der Waals surface area contributed by atoms with Gasteiger partial charge < -0.3 is 4.74 Å². The number of aryl methyl sites for hydroxylation is 1. The van der Waals surface area contributed by atoms with Crippen LogP contribution in [-0.4, -0.2) is 32.8 Å². The van der Waals surface area contributed by atoms with Gasteiger partial charge in [-0.05, 0) is 62.7 Å². The molecule has 3 aromatic rings. The zero-order valence-electron chi connectivity index (χ0n) is 14.5. The highest BCUT2D eigenvalue weighted by Gasteiger charge is 2.21. The molecular formula is C19H19N5O2. The van der Waals surface area contributed by atoms with Crippen LogP contribution in [-0.2, 0) is 11.2 Å². The highest BCUT2D eigenvalue weighted by atomic mass is 16.5. The van der Waals surface area contributed by atoms with E-state index in [0.717, 1.165) is 35.9 Å². The Morgan fingerprint density at radius 3 is 3.04 bits per heavy atom. The number of aliphatic imine (C=N–C) groups is 1. The quantitative estimate of drug-likeness (QED) is 0.684. The van der Waals surface area contributed by atoms with E-state index >= 15 is 0 Å². The summed E-state index contributed by atoms with van der Waals surface area (Å²) in [6.45, 7) is 5.99. The number of nitrogens with one attached hydrogen (secondary N) is 1. The number of nitrogens with zero attached hydrogens (tertiary/aromatic N) is 4. The number of rotatable bonds is 1. The van der Waals surface area contributed by atoms with Crippen LogP contribution < -0.4 is 5.69 Å². The first-order chi connectivity index (χ1) is 12.7. The normalized spacial score (nSPS) is 16.0. The van der Waals surface area contributed by atoms with E-state index in [1.54, 1.807) is 12.3 Å². The minimum Gasteiger partial charge on any atom is -0.492 e. The molecule has 1 aliphatic rings. The van der Waals surface area contributed by atoms with Gasteiger partial charge in [0.2, 0.25) is 0 Å². The molecule has 1 N–H and O–H groups in total. The van der Waals surface area contributed by atoms with E-state index in [-0.39, 0.29) is 5.69 Å². The molecule has 0 amide bonds. The maximum atomic E-state index is 12.6. The number of H-pyrrole nitrogens is 1. The molecule has 2 bridgehead atoms. The minimum absolute atomic E-state index is 0.334. The highest BCUT2D eigenvalue weighted by Crippen LogP contribution is 2.28. The van der Waals surface area contributed by atoms with E-state index in [1.165, 1.54) is 4.57 Å². The van der Waals surface area contributed by atoms with Crippen LogP contribution in [0.3, 0.4) is 0 Å². The van der Waals surface area contributed by atoms with Crippen molar-refractivity contribution in [1.29, 1.82) is 0 Å². The van der Waals surface area contributed by atoms with E-state index < -0.39 is 0 Å². The lowest BCUT2D eigenvalue weighted by Crippen LogP contribution is -2.19. The molecular weight excluding hydrogens is 330 g/mol. The van der Waals surface area contributed by atoms with Gasteiger partial charge in [-0.3, -0.25) is 9.97 Å². The first-order valence-electron chi connectivity index (χ1n) is 8.59. The molecule has 0 unspecified atom stereocenters. The summed E-state index contributed by atoms with van der Waals surface area (Å²) in [6.07, 6.45) is 6.39. The van der Waals surface area contributed by atoms with E-state index in [0.29, 0.717) is 29.7 Å². The van der Waals surface area contributed by atoms with Gasteiger partial charge in [0.1, 0.15) is 17.3 Å². The fraction of sp³-hybridized carbons (Fsp3) is 0.263. The van der Waals surface area contributed by atoms with Crippen LogP contribution in [0, 0.1) is 0 Å². The third-order valence-corrected chi connectivity index (χ3v) is 4.51. The predicted molar refractivity (Wildman–Crippen MR) is 101 cm³/mol. The monoisotopic (exact) mass is 349 g/mol. The second-order valence-electron chi connectivity index (χ2n) is 6.09. The van der Waals surface area contributed by atoms with Gasteiger partial charge in [0.25, 0.3) is 0 Å². The van der Waals surface area contributed by atoms with Crippen LogP contribution in [0.5, 0.6) is 0 Å². The zero-order chi connectivity index (χ0) is 18.1. The summed E-state index contributed by atoms with van der Waals surface area (Å²) in [5.74, 6) is 1.45. The Morgan fingerprint density at radius 1 is 1.35 bits per heavy atom. The highest BCUT2D eigenvalue weighted by molar-refractivity contribution is 5.79. The second kappa shape index (κ2) is 6.59. The number of pyridine rings is 2. The van der Waals surface area contributed by atoms with Crippen LogP contribution in [0.25, 0.3) is 22.6 Å². The maximum absolute atomic E-state index is 12.6. The van der Waals surface area contributed by atoms with Crippen LogP contribution in [0.15, 0.2) is 40.3 Å². The molecule has 4 heterocycles. The molecule has 7 heteroatoms. The van der Waals surface area contributed by atoms with Crippen LogP contribution in [0.2, 0.25) is 0 Å². The summed E-state index contributed by atoms with van der Waals surface area (Å²) in [6, 6.07) is 5.65. The molecule has 3 aromatic heterocycles. The third-order valence-electron chi connectivity index (χ3n) is 4.51. The summed E-state index contributed by atoms with van der Waals surface area (Å²) in [5, 5.41) is 0. The standard InChI is InChI=1S/C19H19N5O2/c1-3-14-17-18(20-2)23-19(25)24(17)15-8-7-13-16(22-15)12(9-10-21-13)6-4-5-11-26-14/h3,7-10H,2,4-6,11H2,1H3,(H,23,25)/b14-3+. The zero-order valence-corrected chi connectivity index (χ0v) is 14.5. The molecule has 0 spiro atoms. The van der Waals surface area contributed by atoms with Gasteiger partial charge in [-0.2, -0.15) is 0 Å². The summed E-state index contributed by atoms with van der Waals surface area (Å²) >= 11 is 0. The molecule has 0 saturated carbocycles. The van der Waals surface area contributed by atoms with E-state index in [2.05, 4.69) is 21.7 Å². The van der Waals surface area contributed by atoms with E-state index in [9.17, 15) is 4.79 Å². The molecule has 132 valence electrons. The van der Waals surface area contributed by atoms with Crippen molar-refractivity contribution < 1.29 is 4.74 Å². The lowest BCUT2D eigenvalue weighted by atomic mass is 10.1. The molecule has 0 aliphatic carbocycles. The van der Waals surface area contributed by atoms with Crippen LogP contribution >= 0.6 is 0 Å². The third kappa shape index (κ3) is 2.61. The largest absolute Gasteiger partial charge is 0.492 e. The molecule has 26 heavy (non-hydrogen) atoms. The molecule has 0 atom stereocenters. The van der Waals surface area contributed by atoms with Crippen molar-refractivity contribution in [2.45, 2.75) is 26.2 Å². The lowest BCUT2D eigenvalue weighted by Gasteiger charge is -2.15. The summed E-state index contributed by atoms with van der Waals surface area (Å²) in [4.78, 5) is 28.5. The Labute approximate surface area is 150 Å². The van der Waals surface area contributed by atoms with Crippen molar-refractivity contribution in [3.63, 3.8) is 0 Å². The van der Waals surface area contributed by atoms with E-state index in [4.69, 9.17) is 9.72 Å². The Morgan fingerprint density at radius 2 is 2.23 bits per heavy atom. The molecule has 0 saturated heterocycles. The van der Waals surface area contributed by atoms with Gasteiger partial charge in [-0.15, -0.1) is 0 Å². The lowest BCUT2D eigenvalue weighted by molar-refractivity contribution is 0.266. The van der Waals surface area contributed by atoms with Gasteiger partial charge in [0, 0.05) is 6.20 Å². The van der Waals surface area contributed by atoms with Gasteiger partial charge in [0.15, 0.2) is 5.82 Å². The molecule has 0 fully saturated rings. The van der Waals surface area contributed by atoms with Gasteiger partial charge in [-0.1, -0.05) is 0 Å². The molecule has 7 nitrogen and oxygen atoms in total. The summed E-state index contributed by atoms with van der Waals surface area (Å²) in [7, 11) is 0. The number of hydrogen-bond acceptors (Lipinski definition) is 5. The number of hydrogen-bond donors (Lipinski definition) is 1. The summed E-state index contributed by atoms with van der Waals surface area (Å²) < 4.78 is 7.43. The Kier molecular flexibility index (Phi) is 4.12. The molecule has 1 aliphatic heterocycles. The van der Waals surface area contributed by atoms with Crippen molar-refractivity contribution in [1.82, 2.24) is 19.5 Å². The fourth-order valence-electron chi connectivity index (χ4n) is 3.27. The van der Waals surface area contributed by atoms with Crippen molar-refractivity contribution in [3.8, 4) is 5.82 Å². The number of aromatic nitrogens is 4. The van der Waals surface area contributed by atoms with Gasteiger partial charge in [0.05, 0.1) is 17.6 Å². The maximum Gasteiger partial charge on any atom is 0.333 e. The predicted octanol–water partition coefficient (Wildman–Crippen LogP) is 3.15. The van der Waals surface area contributed by atoms with Crippen LogP contribution in [0.4, 0.5) is 5.82 Å². The Bertz CT molecular complexity index is 1080. The number of fused-ring (bicyclic) bond motifs is 3. The second-order valence-corrected chi connectivity index (χ2v) is 6.09. The number of aromatic amines is 1. The SMILES string of the molecule is C=Nc1[nH]c(=O)n2c1/C(=C\C)OCCCCc1ccnc3ccc-2nc13. The first-order valence-corrected chi connectivity index (χ1v) is 8.59. The van der Waals surface area contributed by atoms with Crippen molar-refractivity contribution >= 4 is 29.3 Å². The van der Waals surface area contributed by atoms with Crippen LogP contribution in [0.1, 0.15) is 31.0 Å². The molecule has 0 aromatic carbocycles. The van der Waals surface area contributed by atoms with Crippen molar-refractivity contribution in [2.24, 2.45) is 4.99 Å². The topological polar surface area (TPSA) is 85.2 Å². The smallest absolute Gasteiger partial charge is 0.333 e. The van der Waals surface area contributed by atoms with Crippen molar-refractivity contribution in [2.75, 3.05) is 6.61 Å². The number of ether oxygens (including phenoxy) is 1. The molecule has 0 radical (unpaired) electrons.